The van der Waals surface area contributed by atoms with Crippen molar-refractivity contribution in [2.45, 2.75) is 6.54 Å². The molecule has 3 aromatic rings. The van der Waals surface area contributed by atoms with Gasteiger partial charge in [-0.15, -0.1) is 0 Å². The first kappa shape index (κ1) is 22.0. The van der Waals surface area contributed by atoms with Crippen LogP contribution in [-0.4, -0.2) is 32.5 Å². The van der Waals surface area contributed by atoms with Gasteiger partial charge in [0.25, 0.3) is 11.8 Å². The third-order valence-electron chi connectivity index (χ3n) is 4.71. The summed E-state index contributed by atoms with van der Waals surface area (Å²) in [5, 5.41) is 5.60. The summed E-state index contributed by atoms with van der Waals surface area (Å²) in [5.41, 5.74) is 1.92. The molecule has 0 saturated heterocycles. The quantitative estimate of drug-likeness (QED) is 0.523. The van der Waals surface area contributed by atoms with Crippen LogP contribution in [0.4, 0.5) is 15.8 Å². The summed E-state index contributed by atoms with van der Waals surface area (Å²) in [7, 11) is 3.39. The zero-order chi connectivity index (χ0) is 22.2. The molecule has 7 heteroatoms. The van der Waals surface area contributed by atoms with E-state index in [1.807, 2.05) is 7.05 Å². The van der Waals surface area contributed by atoms with E-state index in [2.05, 4.69) is 10.6 Å². The highest BCUT2D eigenvalue weighted by atomic mass is 19.1. The Hall–Kier alpha value is -3.71. The Labute approximate surface area is 180 Å². The van der Waals surface area contributed by atoms with Crippen LogP contribution in [0.1, 0.15) is 15.9 Å². The minimum Gasteiger partial charge on any atom is -0.497 e. The number of para-hydroxylation sites is 1. The number of amides is 2. The number of carbonyl (C=O) groups is 2. The van der Waals surface area contributed by atoms with Gasteiger partial charge < -0.3 is 20.3 Å². The summed E-state index contributed by atoms with van der Waals surface area (Å²) in [6.45, 7) is 0.502. The average molecular weight is 422 g/mol. The molecule has 1 atom stereocenters. The fraction of sp³-hybridized carbons (Fsp3) is 0.167. The van der Waals surface area contributed by atoms with E-state index >= 15 is 0 Å². The van der Waals surface area contributed by atoms with Gasteiger partial charge in [0.15, 0.2) is 6.54 Å². The van der Waals surface area contributed by atoms with E-state index < -0.39 is 0 Å². The molecule has 0 aliphatic rings. The molecule has 3 N–H and O–H groups in total. The van der Waals surface area contributed by atoms with Gasteiger partial charge in [0, 0.05) is 11.3 Å². The summed E-state index contributed by atoms with van der Waals surface area (Å²) in [5.74, 6) is -0.206. The van der Waals surface area contributed by atoms with Gasteiger partial charge in [-0.25, -0.2) is 4.39 Å². The summed E-state index contributed by atoms with van der Waals surface area (Å²) >= 11 is 0. The fourth-order valence-corrected chi connectivity index (χ4v) is 3.16. The van der Waals surface area contributed by atoms with Gasteiger partial charge in [-0.3, -0.25) is 9.59 Å². The second-order valence-electron chi connectivity index (χ2n) is 7.18. The molecule has 2 amide bonds. The molecule has 160 valence electrons. The molecule has 0 heterocycles. The van der Waals surface area contributed by atoms with E-state index in [1.165, 1.54) is 6.07 Å². The number of carbonyl (C=O) groups excluding carboxylic acids is 2. The molecule has 3 rings (SSSR count). The molecule has 0 aliphatic carbocycles. The smallest absolute Gasteiger partial charge is 0.279 e. The lowest BCUT2D eigenvalue weighted by atomic mass is 10.1. The Morgan fingerprint density at radius 2 is 1.61 bits per heavy atom. The maximum atomic E-state index is 13.8. The first-order chi connectivity index (χ1) is 15.0. The predicted octanol–water partition coefficient (Wildman–Crippen LogP) is 2.74. The van der Waals surface area contributed by atoms with Gasteiger partial charge in [0.1, 0.15) is 18.1 Å². The predicted molar refractivity (Wildman–Crippen MR) is 118 cm³/mol. The summed E-state index contributed by atoms with van der Waals surface area (Å²) < 4.78 is 18.9. The summed E-state index contributed by atoms with van der Waals surface area (Å²) in [6, 6.07) is 20.3. The lowest BCUT2D eigenvalue weighted by molar-refractivity contribution is -0.885. The molecule has 0 radical (unpaired) electrons. The zero-order valence-electron chi connectivity index (χ0n) is 17.4. The highest BCUT2D eigenvalue weighted by Gasteiger charge is 2.17. The van der Waals surface area contributed by atoms with Gasteiger partial charge >= 0.3 is 0 Å². The number of halogens is 1. The van der Waals surface area contributed by atoms with Crippen molar-refractivity contribution >= 4 is 23.2 Å². The highest BCUT2D eigenvalue weighted by Crippen LogP contribution is 2.19. The molecule has 1 unspecified atom stereocenters. The van der Waals surface area contributed by atoms with Crippen molar-refractivity contribution in [3.63, 3.8) is 0 Å². The minimum absolute atomic E-state index is 0.128. The van der Waals surface area contributed by atoms with E-state index in [0.717, 1.165) is 4.90 Å². The van der Waals surface area contributed by atoms with Crippen LogP contribution in [0, 0.1) is 5.82 Å². The van der Waals surface area contributed by atoms with Crippen molar-refractivity contribution in [2.75, 3.05) is 31.3 Å². The minimum atomic E-state index is -0.340. The van der Waals surface area contributed by atoms with Crippen LogP contribution in [0.3, 0.4) is 0 Å². The number of benzene rings is 3. The van der Waals surface area contributed by atoms with Crippen LogP contribution in [0.25, 0.3) is 0 Å². The van der Waals surface area contributed by atoms with E-state index in [-0.39, 0.29) is 24.2 Å². The van der Waals surface area contributed by atoms with E-state index in [0.29, 0.717) is 34.8 Å². The first-order valence-electron chi connectivity index (χ1n) is 9.85. The van der Waals surface area contributed by atoms with E-state index in [1.54, 1.807) is 73.8 Å². The van der Waals surface area contributed by atoms with Crippen molar-refractivity contribution in [1.29, 1.82) is 0 Å². The lowest BCUT2D eigenvalue weighted by Gasteiger charge is -2.15. The topological polar surface area (TPSA) is 71.9 Å². The standard InChI is InChI=1S/C24H24FN3O3/c1-28(15-17-7-3-5-9-21(17)25)16-23(29)27-22-10-6-4-8-20(22)24(30)26-18-11-13-19(31-2)14-12-18/h3-14H,15-16H2,1-2H3,(H,26,30)(H,27,29)/p+1. The Balaban J connectivity index is 1.63. The van der Waals surface area contributed by atoms with Gasteiger partial charge in [0.2, 0.25) is 0 Å². The van der Waals surface area contributed by atoms with Crippen LogP contribution < -0.4 is 20.3 Å². The van der Waals surface area contributed by atoms with Gasteiger partial charge in [-0.2, -0.15) is 0 Å². The normalized spacial score (nSPS) is 11.5. The second kappa shape index (κ2) is 10.4. The first-order valence-corrected chi connectivity index (χ1v) is 9.85. The third-order valence-corrected chi connectivity index (χ3v) is 4.71. The number of quaternary nitrogens is 1. The summed E-state index contributed by atoms with van der Waals surface area (Å²) in [4.78, 5) is 26.1. The number of anilines is 2. The van der Waals surface area contributed by atoms with Crippen LogP contribution >= 0.6 is 0 Å². The van der Waals surface area contributed by atoms with E-state index in [4.69, 9.17) is 4.74 Å². The van der Waals surface area contributed by atoms with Crippen molar-refractivity contribution < 1.29 is 23.6 Å². The largest absolute Gasteiger partial charge is 0.497 e. The van der Waals surface area contributed by atoms with Crippen LogP contribution in [0.2, 0.25) is 0 Å². The average Bonchev–Trinajstić information content (AvgIpc) is 2.76. The fourth-order valence-electron chi connectivity index (χ4n) is 3.16. The lowest BCUT2D eigenvalue weighted by Crippen LogP contribution is -3.08. The number of hydrogen-bond acceptors (Lipinski definition) is 3. The van der Waals surface area contributed by atoms with Gasteiger partial charge in [0.05, 0.1) is 25.4 Å². The molecular weight excluding hydrogens is 397 g/mol. The van der Waals surface area contributed by atoms with Crippen LogP contribution in [0.15, 0.2) is 72.8 Å². The number of ether oxygens (including phenoxy) is 1. The molecule has 0 aliphatic heterocycles. The van der Waals surface area contributed by atoms with Crippen LogP contribution in [0.5, 0.6) is 5.75 Å². The SMILES string of the molecule is COc1ccc(NC(=O)c2ccccc2NC(=O)C[NH+](C)Cc2ccccc2F)cc1. The highest BCUT2D eigenvalue weighted by molar-refractivity contribution is 6.10. The van der Waals surface area contributed by atoms with Crippen LogP contribution in [-0.2, 0) is 11.3 Å². The maximum absolute atomic E-state index is 13.8. The number of likely N-dealkylation sites (N-methyl/N-ethyl adjacent to an activating group) is 1. The molecule has 6 nitrogen and oxygen atoms in total. The third kappa shape index (κ3) is 6.13. The molecule has 3 aromatic carbocycles. The second-order valence-corrected chi connectivity index (χ2v) is 7.18. The molecule has 0 saturated carbocycles. The molecule has 0 fully saturated rings. The van der Waals surface area contributed by atoms with Gasteiger partial charge in [-0.05, 0) is 42.5 Å². The number of methoxy groups -OCH3 is 1. The zero-order valence-corrected chi connectivity index (χ0v) is 17.4. The van der Waals surface area contributed by atoms with Crippen molar-refractivity contribution in [3.8, 4) is 5.75 Å². The molecule has 0 spiro atoms. The Bertz CT molecular complexity index is 1050. The van der Waals surface area contributed by atoms with E-state index in [9.17, 15) is 14.0 Å². The Morgan fingerprint density at radius 3 is 2.32 bits per heavy atom. The molecule has 31 heavy (non-hydrogen) atoms. The van der Waals surface area contributed by atoms with Crippen molar-refractivity contribution in [1.82, 2.24) is 0 Å². The number of nitrogens with one attached hydrogen (secondary N) is 3. The molecular formula is C24H25FN3O3+. The van der Waals surface area contributed by atoms with Crippen molar-refractivity contribution in [2.24, 2.45) is 0 Å². The Morgan fingerprint density at radius 1 is 0.935 bits per heavy atom. The molecule has 0 aromatic heterocycles. The van der Waals surface area contributed by atoms with Gasteiger partial charge in [-0.1, -0.05) is 30.3 Å². The number of hydrogen-bond donors (Lipinski definition) is 3. The monoisotopic (exact) mass is 422 g/mol. The maximum Gasteiger partial charge on any atom is 0.279 e. The Kier molecular flexibility index (Phi) is 7.35. The number of rotatable bonds is 8. The summed E-state index contributed by atoms with van der Waals surface area (Å²) in [6.07, 6.45) is 0. The molecule has 0 bridgehead atoms. The van der Waals surface area contributed by atoms with Crippen molar-refractivity contribution in [3.05, 3.63) is 89.7 Å².